The second-order valence-electron chi connectivity index (χ2n) is 5.93. The lowest BCUT2D eigenvalue weighted by atomic mass is 10.2. The summed E-state index contributed by atoms with van der Waals surface area (Å²) in [6.07, 6.45) is 3.89. The Hall–Kier alpha value is -2.92. The van der Waals surface area contributed by atoms with E-state index in [1.165, 1.54) is 11.3 Å². The normalized spacial score (nSPS) is 12.8. The van der Waals surface area contributed by atoms with E-state index in [1.54, 1.807) is 4.40 Å². The van der Waals surface area contributed by atoms with E-state index in [2.05, 4.69) is 16.0 Å². The van der Waals surface area contributed by atoms with Crippen LogP contribution in [0, 0.1) is 6.92 Å². The van der Waals surface area contributed by atoms with Crippen molar-refractivity contribution in [3.8, 4) is 0 Å². The number of fused-ring (bicyclic) bond motifs is 4. The van der Waals surface area contributed by atoms with E-state index in [4.69, 9.17) is 0 Å². The average Bonchev–Trinajstić information content (AvgIpc) is 3.23. The standard InChI is InChI=1S/C19H13N3OS/c1-11-6-7-15-16(8-11)22-18(23)17(24-19(22)21-15)9-12-10-20-14-5-3-2-4-13(12)14/h2-10,20H,1H3. The number of nitrogens with zero attached hydrogens (tertiary/aromatic N) is 2. The second-order valence-corrected chi connectivity index (χ2v) is 6.94. The molecule has 116 valence electrons. The first-order chi connectivity index (χ1) is 11.7. The first kappa shape index (κ1) is 13.5. The van der Waals surface area contributed by atoms with Gasteiger partial charge in [0.1, 0.15) is 0 Å². The van der Waals surface area contributed by atoms with E-state index in [-0.39, 0.29) is 5.56 Å². The SMILES string of the molecule is Cc1ccc2nc3sc(=Cc4c[nH]c5ccccc45)c(=O)n3c2c1. The number of aromatic nitrogens is 3. The highest BCUT2D eigenvalue weighted by Gasteiger charge is 2.11. The molecule has 2 aromatic carbocycles. The van der Waals surface area contributed by atoms with Crippen LogP contribution in [0.4, 0.5) is 0 Å². The third-order valence-corrected chi connectivity index (χ3v) is 5.27. The van der Waals surface area contributed by atoms with Crippen LogP contribution in [-0.4, -0.2) is 14.4 Å². The van der Waals surface area contributed by atoms with Gasteiger partial charge >= 0.3 is 0 Å². The van der Waals surface area contributed by atoms with Gasteiger partial charge in [-0.25, -0.2) is 9.38 Å². The fraction of sp³-hybridized carbons (Fsp3) is 0.0526. The Bertz CT molecular complexity index is 1340. The number of nitrogens with one attached hydrogen (secondary N) is 1. The quantitative estimate of drug-likeness (QED) is 0.513. The van der Waals surface area contributed by atoms with Crippen molar-refractivity contribution in [3.05, 3.63) is 74.7 Å². The van der Waals surface area contributed by atoms with Crippen molar-refractivity contribution in [2.24, 2.45) is 0 Å². The van der Waals surface area contributed by atoms with Gasteiger partial charge < -0.3 is 4.98 Å². The van der Waals surface area contributed by atoms with Crippen LogP contribution in [-0.2, 0) is 0 Å². The van der Waals surface area contributed by atoms with Crippen molar-refractivity contribution >= 4 is 44.3 Å². The number of thiazole rings is 1. The van der Waals surface area contributed by atoms with E-state index in [1.807, 2.05) is 55.6 Å². The molecule has 3 heterocycles. The molecular formula is C19H13N3OS. The Labute approximate surface area is 140 Å². The Morgan fingerprint density at radius 2 is 2.08 bits per heavy atom. The van der Waals surface area contributed by atoms with Crippen molar-refractivity contribution in [2.75, 3.05) is 0 Å². The molecule has 0 atom stereocenters. The van der Waals surface area contributed by atoms with Gasteiger partial charge in [-0.3, -0.25) is 4.79 Å². The van der Waals surface area contributed by atoms with Crippen molar-refractivity contribution in [1.29, 1.82) is 0 Å². The van der Waals surface area contributed by atoms with Crippen molar-refractivity contribution in [1.82, 2.24) is 14.4 Å². The molecule has 3 aromatic heterocycles. The number of rotatable bonds is 1. The average molecular weight is 331 g/mol. The first-order valence-corrected chi connectivity index (χ1v) is 8.52. The molecule has 0 saturated carbocycles. The number of aryl methyl sites for hydroxylation is 1. The van der Waals surface area contributed by atoms with Gasteiger partial charge in [0.15, 0.2) is 4.96 Å². The van der Waals surface area contributed by atoms with Gasteiger partial charge in [0.2, 0.25) is 0 Å². The van der Waals surface area contributed by atoms with Crippen LogP contribution in [0.1, 0.15) is 11.1 Å². The summed E-state index contributed by atoms with van der Waals surface area (Å²) < 4.78 is 2.42. The van der Waals surface area contributed by atoms with Crippen molar-refractivity contribution in [3.63, 3.8) is 0 Å². The summed E-state index contributed by atoms with van der Waals surface area (Å²) in [5.41, 5.74) is 4.95. The highest BCUT2D eigenvalue weighted by atomic mass is 32.1. The van der Waals surface area contributed by atoms with Gasteiger partial charge in [0.25, 0.3) is 5.56 Å². The molecule has 0 bridgehead atoms. The Kier molecular flexibility index (Phi) is 2.69. The zero-order chi connectivity index (χ0) is 16.3. The molecule has 0 aliphatic rings. The number of benzene rings is 2. The van der Waals surface area contributed by atoms with Gasteiger partial charge in [-0.05, 0) is 36.8 Å². The Morgan fingerprint density at radius 1 is 1.21 bits per heavy atom. The van der Waals surface area contributed by atoms with Crippen LogP contribution < -0.4 is 10.1 Å². The summed E-state index contributed by atoms with van der Waals surface area (Å²) in [7, 11) is 0. The van der Waals surface area contributed by atoms with Gasteiger partial charge in [-0.1, -0.05) is 35.6 Å². The Morgan fingerprint density at radius 3 is 3.00 bits per heavy atom. The lowest BCUT2D eigenvalue weighted by Gasteiger charge is -1.92. The Balaban J connectivity index is 1.82. The molecule has 4 nitrogen and oxygen atoms in total. The van der Waals surface area contributed by atoms with Crippen molar-refractivity contribution < 1.29 is 0 Å². The molecule has 0 aliphatic heterocycles. The zero-order valence-electron chi connectivity index (χ0n) is 12.9. The van der Waals surface area contributed by atoms with E-state index in [9.17, 15) is 4.79 Å². The maximum absolute atomic E-state index is 12.9. The summed E-state index contributed by atoms with van der Waals surface area (Å²) in [5, 5.41) is 1.11. The summed E-state index contributed by atoms with van der Waals surface area (Å²) in [4.78, 5) is 21.4. The van der Waals surface area contributed by atoms with Crippen LogP contribution in [0.25, 0.3) is 33.0 Å². The first-order valence-electron chi connectivity index (χ1n) is 7.70. The molecule has 0 amide bonds. The predicted molar refractivity (Wildman–Crippen MR) is 98.7 cm³/mol. The topological polar surface area (TPSA) is 50.2 Å². The van der Waals surface area contributed by atoms with Gasteiger partial charge in [0, 0.05) is 22.7 Å². The van der Waals surface area contributed by atoms with Crippen LogP contribution >= 0.6 is 11.3 Å². The van der Waals surface area contributed by atoms with E-state index in [0.29, 0.717) is 4.53 Å². The van der Waals surface area contributed by atoms with Crippen LogP contribution in [0.15, 0.2) is 53.5 Å². The molecule has 0 aliphatic carbocycles. The minimum atomic E-state index is -0.00613. The number of H-pyrrole nitrogens is 1. The second kappa shape index (κ2) is 4.79. The molecular weight excluding hydrogens is 318 g/mol. The summed E-state index contributed by atoms with van der Waals surface area (Å²) in [5.74, 6) is 0. The molecule has 0 unspecified atom stereocenters. The fourth-order valence-corrected chi connectivity index (χ4v) is 4.10. The maximum atomic E-state index is 12.9. The summed E-state index contributed by atoms with van der Waals surface area (Å²) >= 11 is 1.43. The monoisotopic (exact) mass is 331 g/mol. The van der Waals surface area contributed by atoms with Gasteiger partial charge in [-0.2, -0.15) is 0 Å². The highest BCUT2D eigenvalue weighted by molar-refractivity contribution is 7.15. The zero-order valence-corrected chi connectivity index (χ0v) is 13.7. The van der Waals surface area contributed by atoms with Crippen molar-refractivity contribution in [2.45, 2.75) is 6.92 Å². The van der Waals surface area contributed by atoms with Crippen LogP contribution in [0.2, 0.25) is 0 Å². The minimum Gasteiger partial charge on any atom is -0.361 e. The summed E-state index contributed by atoms with van der Waals surface area (Å²) in [6, 6.07) is 14.1. The maximum Gasteiger partial charge on any atom is 0.274 e. The molecule has 0 spiro atoms. The van der Waals surface area contributed by atoms with E-state index in [0.717, 1.165) is 38.0 Å². The number of imidazole rings is 1. The largest absolute Gasteiger partial charge is 0.361 e. The molecule has 5 heteroatoms. The molecule has 1 N–H and O–H groups in total. The highest BCUT2D eigenvalue weighted by Crippen LogP contribution is 2.20. The molecule has 0 radical (unpaired) electrons. The molecule has 24 heavy (non-hydrogen) atoms. The summed E-state index contributed by atoms with van der Waals surface area (Å²) in [6.45, 7) is 2.02. The van der Waals surface area contributed by atoms with Gasteiger partial charge in [0.05, 0.1) is 15.6 Å². The smallest absolute Gasteiger partial charge is 0.274 e. The van der Waals surface area contributed by atoms with E-state index < -0.39 is 0 Å². The molecule has 5 rings (SSSR count). The van der Waals surface area contributed by atoms with Gasteiger partial charge in [-0.15, -0.1) is 0 Å². The molecule has 0 fully saturated rings. The number of hydrogen-bond donors (Lipinski definition) is 1. The minimum absolute atomic E-state index is 0.00613. The third-order valence-electron chi connectivity index (χ3n) is 4.30. The third kappa shape index (κ3) is 1.85. The number of hydrogen-bond acceptors (Lipinski definition) is 3. The van der Waals surface area contributed by atoms with Crippen LogP contribution in [0.3, 0.4) is 0 Å². The van der Waals surface area contributed by atoms with E-state index >= 15 is 0 Å². The molecule has 0 saturated heterocycles. The predicted octanol–water partition coefficient (Wildman–Crippen LogP) is 3.25. The van der Waals surface area contributed by atoms with Crippen LogP contribution in [0.5, 0.6) is 0 Å². The lowest BCUT2D eigenvalue weighted by Crippen LogP contribution is -2.22. The number of aromatic amines is 1. The lowest BCUT2D eigenvalue weighted by molar-refractivity contribution is 1.19. The molecule has 5 aromatic rings. The number of para-hydroxylation sites is 1. The fourth-order valence-electron chi connectivity index (χ4n) is 3.13.